The van der Waals surface area contributed by atoms with Gasteiger partial charge < -0.3 is 9.32 Å². The van der Waals surface area contributed by atoms with Crippen molar-refractivity contribution in [3.8, 4) is 0 Å². The van der Waals surface area contributed by atoms with Crippen molar-refractivity contribution in [3.63, 3.8) is 0 Å². The fourth-order valence-electron chi connectivity index (χ4n) is 4.67. The Morgan fingerprint density at radius 1 is 1.40 bits per heavy atom. The molecule has 1 aromatic carbocycles. The first-order valence-electron chi connectivity index (χ1n) is 8.40. The number of benzene rings is 1. The molecule has 1 unspecified atom stereocenters. The zero-order chi connectivity index (χ0) is 18.1. The van der Waals surface area contributed by atoms with Gasteiger partial charge in [0.2, 0.25) is 0 Å². The van der Waals surface area contributed by atoms with E-state index in [1.165, 1.54) is 0 Å². The molecule has 2 bridgehead atoms. The Kier molecular flexibility index (Phi) is 3.28. The summed E-state index contributed by atoms with van der Waals surface area (Å²) in [6.07, 6.45) is -3.94. The molecule has 25 heavy (non-hydrogen) atoms. The molecule has 134 valence electrons. The van der Waals surface area contributed by atoms with E-state index >= 15 is 0 Å². The average Bonchev–Trinajstić information content (AvgIpc) is 2.88. The van der Waals surface area contributed by atoms with Crippen LogP contribution in [0.4, 0.5) is 13.2 Å². The molecular weight excluding hydrogens is 333 g/mol. The van der Waals surface area contributed by atoms with Crippen LogP contribution in [-0.4, -0.2) is 34.6 Å². The summed E-state index contributed by atoms with van der Waals surface area (Å²) in [5.41, 5.74) is 3.22. The van der Waals surface area contributed by atoms with Gasteiger partial charge in [0.15, 0.2) is 11.5 Å². The SMILES string of the molecule is Cc1nc2c3c(ccc2o1)C[C@@H]1[C@@H](C)C3(C)CCN1C(=O)C(F)(F)F. The summed E-state index contributed by atoms with van der Waals surface area (Å²) >= 11 is 0. The molecule has 3 atom stereocenters. The third kappa shape index (κ3) is 2.20. The number of amides is 1. The number of rotatable bonds is 0. The molecule has 1 aliphatic carbocycles. The molecule has 0 spiro atoms. The van der Waals surface area contributed by atoms with Crippen LogP contribution in [0.25, 0.3) is 11.1 Å². The molecule has 0 saturated carbocycles. The topological polar surface area (TPSA) is 46.3 Å². The van der Waals surface area contributed by atoms with E-state index in [2.05, 4.69) is 11.9 Å². The van der Waals surface area contributed by atoms with Crippen molar-refractivity contribution in [2.75, 3.05) is 6.54 Å². The van der Waals surface area contributed by atoms with E-state index in [4.69, 9.17) is 4.42 Å². The second kappa shape index (κ2) is 4.99. The molecule has 4 rings (SSSR count). The second-order valence-corrected chi connectivity index (χ2v) is 7.40. The Bertz CT molecular complexity index is 873. The maximum absolute atomic E-state index is 13.0. The fourth-order valence-corrected chi connectivity index (χ4v) is 4.67. The lowest BCUT2D eigenvalue weighted by molar-refractivity contribution is -0.192. The molecule has 0 N–H and O–H groups in total. The van der Waals surface area contributed by atoms with Crippen molar-refractivity contribution >= 4 is 17.0 Å². The van der Waals surface area contributed by atoms with Crippen LogP contribution in [0.5, 0.6) is 0 Å². The van der Waals surface area contributed by atoms with Gasteiger partial charge in [-0.05, 0) is 36.0 Å². The summed E-state index contributed by atoms with van der Waals surface area (Å²) in [7, 11) is 0. The summed E-state index contributed by atoms with van der Waals surface area (Å²) in [4.78, 5) is 17.4. The molecule has 4 nitrogen and oxygen atoms in total. The van der Waals surface area contributed by atoms with Crippen LogP contribution in [0, 0.1) is 12.8 Å². The number of nitrogens with zero attached hydrogens (tertiary/aromatic N) is 2. The molecule has 2 aromatic rings. The molecule has 2 aliphatic rings. The Morgan fingerprint density at radius 2 is 2.12 bits per heavy atom. The van der Waals surface area contributed by atoms with E-state index in [9.17, 15) is 18.0 Å². The van der Waals surface area contributed by atoms with Crippen LogP contribution in [0.3, 0.4) is 0 Å². The highest BCUT2D eigenvalue weighted by Crippen LogP contribution is 2.51. The first-order valence-corrected chi connectivity index (χ1v) is 8.40. The van der Waals surface area contributed by atoms with E-state index in [1.54, 1.807) is 6.92 Å². The van der Waals surface area contributed by atoms with Gasteiger partial charge in [0.25, 0.3) is 0 Å². The van der Waals surface area contributed by atoms with E-state index in [0.717, 1.165) is 21.5 Å². The van der Waals surface area contributed by atoms with Gasteiger partial charge in [0.1, 0.15) is 5.52 Å². The Morgan fingerprint density at radius 3 is 2.80 bits per heavy atom. The molecule has 1 aliphatic heterocycles. The Hall–Kier alpha value is -2.05. The predicted octanol–water partition coefficient (Wildman–Crippen LogP) is 3.75. The zero-order valence-corrected chi connectivity index (χ0v) is 14.3. The first-order chi connectivity index (χ1) is 11.6. The number of aryl methyl sites for hydroxylation is 1. The van der Waals surface area contributed by atoms with Gasteiger partial charge in [-0.25, -0.2) is 4.98 Å². The third-order valence-corrected chi connectivity index (χ3v) is 6.11. The summed E-state index contributed by atoms with van der Waals surface area (Å²) < 4.78 is 44.6. The van der Waals surface area contributed by atoms with Crippen molar-refractivity contribution in [1.29, 1.82) is 0 Å². The number of likely N-dealkylation sites (tertiary alicyclic amines) is 1. The molecule has 1 fully saturated rings. The zero-order valence-electron chi connectivity index (χ0n) is 14.3. The number of hydrogen-bond acceptors (Lipinski definition) is 3. The van der Waals surface area contributed by atoms with Crippen LogP contribution in [0.2, 0.25) is 0 Å². The minimum Gasteiger partial charge on any atom is -0.441 e. The minimum absolute atomic E-state index is 0.0948. The van der Waals surface area contributed by atoms with Gasteiger partial charge in [-0.1, -0.05) is 19.9 Å². The number of carbonyl (C=O) groups excluding carboxylic acids is 1. The Labute approximate surface area is 143 Å². The monoisotopic (exact) mass is 352 g/mol. The van der Waals surface area contributed by atoms with Gasteiger partial charge in [0.05, 0.1) is 0 Å². The molecular formula is C18H19F3N2O2. The largest absolute Gasteiger partial charge is 0.471 e. The number of piperidine rings is 1. The average molecular weight is 352 g/mol. The third-order valence-electron chi connectivity index (χ3n) is 6.11. The fraction of sp³-hybridized carbons (Fsp3) is 0.556. The van der Waals surface area contributed by atoms with Crippen molar-refractivity contribution in [2.24, 2.45) is 5.92 Å². The van der Waals surface area contributed by atoms with Gasteiger partial charge in [-0.15, -0.1) is 0 Å². The number of fused-ring (bicyclic) bond motifs is 6. The van der Waals surface area contributed by atoms with Gasteiger partial charge in [0, 0.05) is 24.9 Å². The van der Waals surface area contributed by atoms with Crippen LogP contribution in [-0.2, 0) is 16.6 Å². The molecule has 1 amide bonds. The highest BCUT2D eigenvalue weighted by Gasteiger charge is 2.54. The highest BCUT2D eigenvalue weighted by atomic mass is 19.4. The number of carbonyl (C=O) groups is 1. The summed E-state index contributed by atoms with van der Waals surface area (Å²) in [6, 6.07) is 3.27. The summed E-state index contributed by atoms with van der Waals surface area (Å²) in [5.74, 6) is -1.25. The lowest BCUT2D eigenvalue weighted by Crippen LogP contribution is -2.61. The van der Waals surface area contributed by atoms with Crippen LogP contribution in [0.1, 0.15) is 37.3 Å². The second-order valence-electron chi connectivity index (χ2n) is 7.40. The van der Waals surface area contributed by atoms with Gasteiger partial charge >= 0.3 is 12.1 Å². The first kappa shape index (κ1) is 16.4. The predicted molar refractivity (Wildman–Crippen MR) is 85.1 cm³/mol. The van der Waals surface area contributed by atoms with E-state index in [1.807, 2.05) is 19.1 Å². The van der Waals surface area contributed by atoms with Crippen molar-refractivity contribution in [1.82, 2.24) is 9.88 Å². The minimum atomic E-state index is -4.83. The number of aromatic nitrogens is 1. The quantitative estimate of drug-likeness (QED) is 0.725. The number of halogens is 3. The Balaban J connectivity index is 1.85. The lowest BCUT2D eigenvalue weighted by atomic mass is 9.58. The maximum atomic E-state index is 13.0. The van der Waals surface area contributed by atoms with Crippen molar-refractivity contribution < 1.29 is 22.4 Å². The van der Waals surface area contributed by atoms with Crippen LogP contribution in [0.15, 0.2) is 16.5 Å². The number of oxazole rings is 1. The normalized spacial score (nSPS) is 29.0. The van der Waals surface area contributed by atoms with E-state index in [-0.39, 0.29) is 17.9 Å². The molecule has 1 saturated heterocycles. The lowest BCUT2D eigenvalue weighted by Gasteiger charge is -2.54. The smallest absolute Gasteiger partial charge is 0.441 e. The molecule has 2 heterocycles. The van der Waals surface area contributed by atoms with E-state index < -0.39 is 18.1 Å². The summed E-state index contributed by atoms with van der Waals surface area (Å²) in [5, 5.41) is 0. The van der Waals surface area contributed by atoms with Gasteiger partial charge in [-0.3, -0.25) is 4.79 Å². The number of hydrogen-bond donors (Lipinski definition) is 0. The van der Waals surface area contributed by atoms with E-state index in [0.29, 0.717) is 24.3 Å². The molecule has 0 radical (unpaired) electrons. The highest BCUT2D eigenvalue weighted by molar-refractivity contribution is 5.84. The number of alkyl halides is 3. The summed E-state index contributed by atoms with van der Waals surface area (Å²) in [6.45, 7) is 5.90. The van der Waals surface area contributed by atoms with Crippen molar-refractivity contribution in [2.45, 2.75) is 51.2 Å². The van der Waals surface area contributed by atoms with Gasteiger partial charge in [-0.2, -0.15) is 13.2 Å². The van der Waals surface area contributed by atoms with Crippen LogP contribution < -0.4 is 0 Å². The van der Waals surface area contributed by atoms with Crippen LogP contribution >= 0.6 is 0 Å². The molecule has 1 aromatic heterocycles. The maximum Gasteiger partial charge on any atom is 0.471 e. The molecule has 7 heteroatoms. The standard InChI is InChI=1S/C18H19F3N2O2/c1-9-12-8-11-4-5-13-15(22-10(2)25-13)14(11)17(9,3)6-7-23(12)16(24)18(19,20)21/h4-5,9,12H,6-8H2,1-3H3/t9-,12-,17?/m1/s1. The van der Waals surface area contributed by atoms with Crippen molar-refractivity contribution in [3.05, 3.63) is 29.2 Å².